The van der Waals surface area contributed by atoms with Crippen molar-refractivity contribution in [3.05, 3.63) is 54.2 Å². The Morgan fingerprint density at radius 2 is 2.05 bits per heavy atom. The first-order valence-electron chi connectivity index (χ1n) is 7.24. The molecule has 4 rings (SSSR count). The quantitative estimate of drug-likeness (QED) is 0.748. The van der Waals surface area contributed by atoms with E-state index in [9.17, 15) is 0 Å². The number of fused-ring (bicyclic) bond motifs is 2. The monoisotopic (exact) mass is 276 g/mol. The van der Waals surface area contributed by atoms with Crippen molar-refractivity contribution in [2.45, 2.75) is 12.8 Å². The van der Waals surface area contributed by atoms with Crippen LogP contribution in [-0.2, 0) is 6.42 Å². The van der Waals surface area contributed by atoms with Crippen molar-refractivity contribution in [3.63, 3.8) is 0 Å². The highest BCUT2D eigenvalue weighted by Gasteiger charge is 2.10. The molecule has 3 aromatic rings. The molecular weight excluding hydrogens is 260 g/mol. The van der Waals surface area contributed by atoms with Crippen LogP contribution >= 0.6 is 0 Å². The van der Waals surface area contributed by atoms with Gasteiger partial charge in [-0.2, -0.15) is 5.10 Å². The van der Waals surface area contributed by atoms with Crippen LogP contribution in [0, 0.1) is 0 Å². The van der Waals surface area contributed by atoms with Gasteiger partial charge >= 0.3 is 0 Å². The standard InChI is InChI=1S/C17H16N4/c1-2-6-15-13(4-1)11-19-21-17(15)20-14-7-8-16-12(10-14)5-3-9-18-16/h1-2,4,6-8,10-11,18H,3,5,9H2,(H,20,21). The van der Waals surface area contributed by atoms with Gasteiger partial charge in [-0.1, -0.05) is 24.3 Å². The molecule has 0 unspecified atom stereocenters. The van der Waals surface area contributed by atoms with Crippen LogP contribution in [-0.4, -0.2) is 16.7 Å². The van der Waals surface area contributed by atoms with Gasteiger partial charge in [-0.15, -0.1) is 5.10 Å². The van der Waals surface area contributed by atoms with Crippen molar-refractivity contribution in [2.24, 2.45) is 0 Å². The highest BCUT2D eigenvalue weighted by atomic mass is 15.2. The fraction of sp³-hybridized carbons (Fsp3) is 0.176. The molecule has 104 valence electrons. The van der Waals surface area contributed by atoms with Crippen molar-refractivity contribution in [3.8, 4) is 0 Å². The van der Waals surface area contributed by atoms with Crippen molar-refractivity contribution >= 4 is 28.0 Å². The van der Waals surface area contributed by atoms with Gasteiger partial charge in [0.2, 0.25) is 0 Å². The third-order valence-electron chi connectivity index (χ3n) is 3.88. The van der Waals surface area contributed by atoms with Crippen LogP contribution in [0.25, 0.3) is 10.8 Å². The highest BCUT2D eigenvalue weighted by Crippen LogP contribution is 2.28. The number of nitrogens with one attached hydrogen (secondary N) is 2. The third kappa shape index (κ3) is 2.29. The van der Waals surface area contributed by atoms with Gasteiger partial charge in [0.25, 0.3) is 0 Å². The van der Waals surface area contributed by atoms with Gasteiger partial charge < -0.3 is 10.6 Å². The fourth-order valence-corrected chi connectivity index (χ4v) is 2.81. The van der Waals surface area contributed by atoms with Crippen LogP contribution in [0.1, 0.15) is 12.0 Å². The summed E-state index contributed by atoms with van der Waals surface area (Å²) in [5.41, 5.74) is 3.67. The third-order valence-corrected chi connectivity index (χ3v) is 3.88. The summed E-state index contributed by atoms with van der Waals surface area (Å²) in [7, 11) is 0. The minimum absolute atomic E-state index is 0.803. The van der Waals surface area contributed by atoms with E-state index in [1.54, 1.807) is 6.20 Å². The molecule has 0 saturated heterocycles. The minimum Gasteiger partial charge on any atom is -0.385 e. The maximum atomic E-state index is 4.24. The van der Waals surface area contributed by atoms with E-state index in [-0.39, 0.29) is 0 Å². The van der Waals surface area contributed by atoms with Crippen LogP contribution in [0.4, 0.5) is 17.2 Å². The van der Waals surface area contributed by atoms with Gasteiger partial charge in [-0.25, -0.2) is 0 Å². The zero-order valence-corrected chi connectivity index (χ0v) is 11.6. The Bertz CT molecular complexity index is 792. The molecule has 0 atom stereocenters. The van der Waals surface area contributed by atoms with Crippen molar-refractivity contribution < 1.29 is 0 Å². The molecule has 0 amide bonds. The number of rotatable bonds is 2. The molecule has 1 aliphatic rings. The Morgan fingerprint density at radius 1 is 1.10 bits per heavy atom. The lowest BCUT2D eigenvalue weighted by atomic mass is 10.0. The molecule has 4 heteroatoms. The zero-order valence-electron chi connectivity index (χ0n) is 11.6. The second kappa shape index (κ2) is 5.05. The summed E-state index contributed by atoms with van der Waals surface area (Å²) in [6.07, 6.45) is 4.10. The van der Waals surface area contributed by atoms with Gasteiger partial charge in [0.15, 0.2) is 5.82 Å². The van der Waals surface area contributed by atoms with Gasteiger partial charge in [0.1, 0.15) is 0 Å². The smallest absolute Gasteiger partial charge is 0.160 e. The number of hydrogen-bond donors (Lipinski definition) is 2. The SMILES string of the molecule is c1ccc2c(Nc3ccc4c(c3)CCCN4)nncc2c1. The van der Waals surface area contributed by atoms with Crippen LogP contribution < -0.4 is 10.6 Å². The molecule has 0 fully saturated rings. The maximum absolute atomic E-state index is 4.24. The number of benzene rings is 2. The number of hydrogen-bond acceptors (Lipinski definition) is 4. The van der Waals surface area contributed by atoms with E-state index in [2.05, 4.69) is 45.1 Å². The summed E-state index contributed by atoms with van der Waals surface area (Å²) in [5, 5.41) is 17.3. The Morgan fingerprint density at radius 3 is 3.05 bits per heavy atom. The Balaban J connectivity index is 1.71. The van der Waals surface area contributed by atoms with Gasteiger partial charge in [0, 0.05) is 28.7 Å². The van der Waals surface area contributed by atoms with Crippen LogP contribution in [0.5, 0.6) is 0 Å². The summed E-state index contributed by atoms with van der Waals surface area (Å²) >= 11 is 0. The Kier molecular flexibility index (Phi) is 2.92. The zero-order chi connectivity index (χ0) is 14.1. The molecular formula is C17H16N4. The molecule has 0 aliphatic carbocycles. The lowest BCUT2D eigenvalue weighted by Crippen LogP contribution is -2.11. The van der Waals surface area contributed by atoms with Gasteiger partial charge in [-0.3, -0.25) is 0 Å². The number of anilines is 3. The second-order valence-electron chi connectivity index (χ2n) is 5.31. The fourth-order valence-electron chi connectivity index (χ4n) is 2.81. The van der Waals surface area contributed by atoms with Crippen LogP contribution in [0.3, 0.4) is 0 Å². The Labute approximate surface area is 123 Å². The highest BCUT2D eigenvalue weighted by molar-refractivity contribution is 5.92. The maximum Gasteiger partial charge on any atom is 0.160 e. The molecule has 2 aromatic carbocycles. The molecule has 0 spiro atoms. The second-order valence-corrected chi connectivity index (χ2v) is 5.31. The average Bonchev–Trinajstić information content (AvgIpc) is 2.55. The van der Waals surface area contributed by atoms with E-state index < -0.39 is 0 Å². The van der Waals surface area contributed by atoms with E-state index in [4.69, 9.17) is 0 Å². The number of aromatic nitrogens is 2. The predicted molar refractivity (Wildman–Crippen MR) is 86.1 cm³/mol. The van der Waals surface area contributed by atoms with Gasteiger partial charge in [-0.05, 0) is 36.6 Å². The number of nitrogens with zero attached hydrogens (tertiary/aromatic N) is 2. The lowest BCUT2D eigenvalue weighted by molar-refractivity contribution is 0.830. The first-order chi connectivity index (χ1) is 10.4. The van der Waals surface area contributed by atoms with Crippen LogP contribution in [0.15, 0.2) is 48.7 Å². The molecule has 0 saturated carbocycles. The first kappa shape index (κ1) is 12.1. The van der Waals surface area contributed by atoms with E-state index in [0.717, 1.165) is 35.2 Å². The summed E-state index contributed by atoms with van der Waals surface area (Å²) in [5.74, 6) is 0.803. The topological polar surface area (TPSA) is 49.8 Å². The molecule has 4 nitrogen and oxygen atoms in total. The number of aryl methyl sites for hydroxylation is 1. The van der Waals surface area contributed by atoms with Crippen molar-refractivity contribution in [1.29, 1.82) is 0 Å². The first-order valence-corrected chi connectivity index (χ1v) is 7.24. The largest absolute Gasteiger partial charge is 0.385 e. The molecule has 21 heavy (non-hydrogen) atoms. The summed E-state index contributed by atoms with van der Waals surface area (Å²) in [6.45, 7) is 1.06. The van der Waals surface area contributed by atoms with E-state index in [1.165, 1.54) is 17.7 Å². The molecule has 1 aliphatic heterocycles. The van der Waals surface area contributed by atoms with Crippen molar-refractivity contribution in [2.75, 3.05) is 17.2 Å². The van der Waals surface area contributed by atoms with E-state index in [1.807, 2.05) is 18.2 Å². The summed E-state index contributed by atoms with van der Waals surface area (Å²) in [4.78, 5) is 0. The molecule has 0 radical (unpaired) electrons. The van der Waals surface area contributed by atoms with Crippen molar-refractivity contribution in [1.82, 2.24) is 10.2 Å². The van der Waals surface area contributed by atoms with E-state index >= 15 is 0 Å². The van der Waals surface area contributed by atoms with Crippen LogP contribution in [0.2, 0.25) is 0 Å². The minimum atomic E-state index is 0.803. The summed E-state index contributed by atoms with van der Waals surface area (Å²) < 4.78 is 0. The predicted octanol–water partition coefficient (Wildman–Crippen LogP) is 3.73. The lowest BCUT2D eigenvalue weighted by Gasteiger charge is -2.19. The van der Waals surface area contributed by atoms with Gasteiger partial charge in [0.05, 0.1) is 6.20 Å². The molecule has 1 aromatic heterocycles. The average molecular weight is 276 g/mol. The molecule has 2 N–H and O–H groups in total. The van der Waals surface area contributed by atoms with E-state index in [0.29, 0.717) is 0 Å². The summed E-state index contributed by atoms with van der Waals surface area (Å²) in [6, 6.07) is 14.6. The normalized spacial score (nSPS) is 13.5. The molecule has 2 heterocycles. The Hall–Kier alpha value is -2.62. The molecule has 0 bridgehead atoms.